The number of halogens is 2. The average Bonchev–Trinajstić information content (AvgIpc) is 2.91. The number of nitrogens with zero attached hydrogens (tertiary/aromatic N) is 2. The van der Waals surface area contributed by atoms with E-state index in [1.54, 1.807) is 4.90 Å². The molecule has 0 aliphatic carbocycles. The Hall–Kier alpha value is -1.77. The molecule has 0 unspecified atom stereocenters. The van der Waals surface area contributed by atoms with Crippen molar-refractivity contribution in [3.8, 4) is 0 Å². The molecule has 0 N–H and O–H groups in total. The summed E-state index contributed by atoms with van der Waals surface area (Å²) in [4.78, 5) is 14.4. The van der Waals surface area contributed by atoms with Gasteiger partial charge in [-0.2, -0.15) is 4.31 Å². The van der Waals surface area contributed by atoms with Gasteiger partial charge in [0.05, 0.1) is 11.3 Å². The van der Waals surface area contributed by atoms with Gasteiger partial charge < -0.3 is 4.90 Å². The first-order valence-corrected chi connectivity index (χ1v) is 10.9. The van der Waals surface area contributed by atoms with Gasteiger partial charge in [-0.25, -0.2) is 12.8 Å². The summed E-state index contributed by atoms with van der Waals surface area (Å²) in [5.74, 6) is -0.493. The monoisotopic (exact) mass is 454 g/mol. The van der Waals surface area contributed by atoms with Crippen molar-refractivity contribution in [2.75, 3.05) is 26.2 Å². The predicted molar refractivity (Wildman–Crippen MR) is 104 cm³/mol. The SMILES string of the molecule is O=C(Cc1ccc(Br)cc1)N1CCCN(S(=O)(=O)c2ccc(F)cc2)CC1. The highest BCUT2D eigenvalue weighted by Crippen LogP contribution is 2.19. The van der Waals surface area contributed by atoms with Crippen molar-refractivity contribution >= 4 is 31.9 Å². The smallest absolute Gasteiger partial charge is 0.243 e. The third-order valence-corrected chi connectivity index (χ3v) is 6.97. The second-order valence-electron chi connectivity index (χ2n) is 6.40. The second kappa shape index (κ2) is 8.50. The molecule has 0 atom stereocenters. The minimum atomic E-state index is -3.69. The van der Waals surface area contributed by atoms with Crippen molar-refractivity contribution in [1.29, 1.82) is 0 Å². The Balaban J connectivity index is 1.65. The molecule has 1 fully saturated rings. The lowest BCUT2D eigenvalue weighted by atomic mass is 10.1. The fraction of sp³-hybridized carbons (Fsp3) is 0.316. The Bertz CT molecular complexity index is 902. The van der Waals surface area contributed by atoms with Gasteiger partial charge in [0.2, 0.25) is 15.9 Å². The summed E-state index contributed by atoms with van der Waals surface area (Å²) in [7, 11) is -3.69. The number of hydrogen-bond donors (Lipinski definition) is 0. The van der Waals surface area contributed by atoms with Gasteiger partial charge in [-0.05, 0) is 48.4 Å². The Morgan fingerprint density at radius 1 is 0.963 bits per heavy atom. The van der Waals surface area contributed by atoms with E-state index in [2.05, 4.69) is 15.9 Å². The van der Waals surface area contributed by atoms with Crippen molar-refractivity contribution in [2.24, 2.45) is 0 Å². The van der Waals surface area contributed by atoms with Gasteiger partial charge >= 0.3 is 0 Å². The lowest BCUT2D eigenvalue weighted by Crippen LogP contribution is -2.38. The number of carbonyl (C=O) groups excluding carboxylic acids is 1. The van der Waals surface area contributed by atoms with Crippen LogP contribution in [-0.2, 0) is 21.2 Å². The number of sulfonamides is 1. The van der Waals surface area contributed by atoms with Crippen molar-refractivity contribution in [3.05, 3.63) is 64.4 Å². The van der Waals surface area contributed by atoms with Gasteiger partial charge in [0.15, 0.2) is 0 Å². The van der Waals surface area contributed by atoms with Crippen LogP contribution >= 0.6 is 15.9 Å². The molecule has 1 heterocycles. The molecular weight excluding hydrogens is 435 g/mol. The second-order valence-corrected chi connectivity index (χ2v) is 9.25. The summed E-state index contributed by atoms with van der Waals surface area (Å²) in [5.41, 5.74) is 0.920. The number of carbonyl (C=O) groups is 1. The highest BCUT2D eigenvalue weighted by molar-refractivity contribution is 9.10. The minimum absolute atomic E-state index is 0.0154. The van der Waals surface area contributed by atoms with Crippen molar-refractivity contribution in [1.82, 2.24) is 9.21 Å². The molecule has 5 nitrogen and oxygen atoms in total. The fourth-order valence-corrected chi connectivity index (χ4v) is 4.76. The third-order valence-electron chi connectivity index (χ3n) is 4.53. The molecule has 0 radical (unpaired) electrons. The Morgan fingerprint density at radius 2 is 1.63 bits per heavy atom. The summed E-state index contributed by atoms with van der Waals surface area (Å²) < 4.78 is 40.9. The van der Waals surface area contributed by atoms with Crippen molar-refractivity contribution in [3.63, 3.8) is 0 Å². The molecule has 3 rings (SSSR count). The average molecular weight is 455 g/mol. The quantitative estimate of drug-likeness (QED) is 0.713. The van der Waals surface area contributed by atoms with Crippen LogP contribution in [0.3, 0.4) is 0 Å². The van der Waals surface area contributed by atoms with Crippen LogP contribution in [0.4, 0.5) is 4.39 Å². The first-order chi connectivity index (χ1) is 12.9. The molecule has 0 bridgehead atoms. The maximum absolute atomic E-state index is 13.1. The van der Waals surface area contributed by atoms with Gasteiger partial charge in [0, 0.05) is 30.7 Å². The number of hydrogen-bond acceptors (Lipinski definition) is 3. The van der Waals surface area contributed by atoms with Crippen LogP contribution in [0, 0.1) is 5.82 Å². The van der Waals surface area contributed by atoms with E-state index in [1.807, 2.05) is 24.3 Å². The molecular formula is C19H20BrFN2O3S. The Kier molecular flexibility index (Phi) is 6.29. The lowest BCUT2D eigenvalue weighted by molar-refractivity contribution is -0.130. The van der Waals surface area contributed by atoms with E-state index in [0.29, 0.717) is 26.1 Å². The number of benzene rings is 2. The molecule has 1 aliphatic heterocycles. The molecule has 144 valence electrons. The minimum Gasteiger partial charge on any atom is -0.341 e. The van der Waals surface area contributed by atoms with Crippen LogP contribution in [0.1, 0.15) is 12.0 Å². The standard InChI is InChI=1S/C19H20BrFN2O3S/c20-16-4-2-15(3-5-16)14-19(24)22-10-1-11-23(13-12-22)27(25,26)18-8-6-17(21)7-9-18/h2-9H,1,10-14H2. The zero-order valence-electron chi connectivity index (χ0n) is 14.6. The maximum atomic E-state index is 13.1. The summed E-state index contributed by atoms with van der Waals surface area (Å²) >= 11 is 3.37. The summed E-state index contributed by atoms with van der Waals surface area (Å²) in [6.07, 6.45) is 0.852. The van der Waals surface area contributed by atoms with E-state index in [0.717, 1.165) is 22.2 Å². The van der Waals surface area contributed by atoms with Crippen molar-refractivity contribution < 1.29 is 17.6 Å². The van der Waals surface area contributed by atoms with Crippen LogP contribution < -0.4 is 0 Å². The van der Waals surface area contributed by atoms with Gasteiger partial charge in [-0.1, -0.05) is 28.1 Å². The molecule has 0 spiro atoms. The van der Waals surface area contributed by atoms with E-state index < -0.39 is 15.8 Å². The summed E-state index contributed by atoms with van der Waals surface area (Å²) in [5, 5.41) is 0. The van der Waals surface area contributed by atoms with E-state index >= 15 is 0 Å². The van der Waals surface area contributed by atoms with E-state index in [4.69, 9.17) is 0 Å². The third kappa shape index (κ3) is 4.94. The zero-order valence-corrected chi connectivity index (χ0v) is 17.0. The maximum Gasteiger partial charge on any atom is 0.243 e. The predicted octanol–water partition coefficient (Wildman–Crippen LogP) is 3.05. The topological polar surface area (TPSA) is 57.7 Å². The lowest BCUT2D eigenvalue weighted by Gasteiger charge is -2.22. The molecule has 2 aromatic rings. The van der Waals surface area contributed by atoms with Crippen LogP contribution in [-0.4, -0.2) is 49.7 Å². The summed E-state index contributed by atoms with van der Waals surface area (Å²) in [6, 6.07) is 12.4. The van der Waals surface area contributed by atoms with Crippen LogP contribution in [0.2, 0.25) is 0 Å². The highest BCUT2D eigenvalue weighted by atomic mass is 79.9. The normalized spacial score (nSPS) is 16.1. The van der Waals surface area contributed by atoms with Gasteiger partial charge in [0.25, 0.3) is 0 Å². The molecule has 1 saturated heterocycles. The first-order valence-electron chi connectivity index (χ1n) is 8.64. The molecule has 27 heavy (non-hydrogen) atoms. The molecule has 2 aromatic carbocycles. The van der Waals surface area contributed by atoms with Crippen LogP contribution in [0.5, 0.6) is 0 Å². The Labute approximate surface area is 167 Å². The van der Waals surface area contributed by atoms with Gasteiger partial charge in [-0.15, -0.1) is 0 Å². The van der Waals surface area contributed by atoms with Crippen LogP contribution in [0.25, 0.3) is 0 Å². The van der Waals surface area contributed by atoms with Crippen molar-refractivity contribution in [2.45, 2.75) is 17.7 Å². The highest BCUT2D eigenvalue weighted by Gasteiger charge is 2.28. The van der Waals surface area contributed by atoms with E-state index in [-0.39, 0.29) is 23.8 Å². The van der Waals surface area contributed by atoms with Gasteiger partial charge in [-0.3, -0.25) is 4.79 Å². The zero-order chi connectivity index (χ0) is 19.4. The molecule has 0 aromatic heterocycles. The molecule has 0 saturated carbocycles. The number of rotatable bonds is 4. The Morgan fingerprint density at radius 3 is 2.30 bits per heavy atom. The number of amides is 1. The largest absolute Gasteiger partial charge is 0.341 e. The van der Waals surface area contributed by atoms with Gasteiger partial charge in [0.1, 0.15) is 5.82 Å². The molecule has 8 heteroatoms. The van der Waals surface area contributed by atoms with E-state index in [1.165, 1.54) is 16.4 Å². The van der Waals surface area contributed by atoms with E-state index in [9.17, 15) is 17.6 Å². The summed E-state index contributed by atoms with van der Waals surface area (Å²) in [6.45, 7) is 1.42. The first kappa shape index (κ1) is 20.0. The fourth-order valence-electron chi connectivity index (χ4n) is 3.03. The molecule has 1 amide bonds. The molecule has 1 aliphatic rings. The van der Waals surface area contributed by atoms with Crippen LogP contribution in [0.15, 0.2) is 57.9 Å².